The predicted octanol–water partition coefficient (Wildman–Crippen LogP) is 1.75. The Labute approximate surface area is 108 Å². The van der Waals surface area contributed by atoms with Gasteiger partial charge in [0.15, 0.2) is 0 Å². The van der Waals surface area contributed by atoms with Gasteiger partial charge in [-0.3, -0.25) is 9.59 Å². The minimum absolute atomic E-state index is 0.123. The number of carbonyl (C=O) groups is 2. The van der Waals surface area contributed by atoms with Crippen LogP contribution in [0.15, 0.2) is 0 Å². The van der Waals surface area contributed by atoms with E-state index in [2.05, 4.69) is 13.8 Å². The van der Waals surface area contributed by atoms with Gasteiger partial charge in [-0.05, 0) is 11.8 Å². The summed E-state index contributed by atoms with van der Waals surface area (Å²) in [5, 5.41) is 0. The first-order valence-corrected chi connectivity index (χ1v) is 6.29. The third-order valence-corrected chi connectivity index (χ3v) is 3.72. The number of rotatable bonds is 3. The summed E-state index contributed by atoms with van der Waals surface area (Å²) in [5.74, 6) is -0.00625. The number of esters is 2. The summed E-state index contributed by atoms with van der Waals surface area (Å²) in [7, 11) is 0. The Bertz CT molecular complexity index is 313. The molecule has 1 aliphatic heterocycles. The Hall–Kier alpha value is -1.10. The van der Waals surface area contributed by atoms with Crippen molar-refractivity contribution in [2.45, 2.75) is 47.0 Å². The maximum absolute atomic E-state index is 11.0. The molecule has 0 aromatic rings. The molecular weight excluding hydrogens is 236 g/mol. The Balaban J connectivity index is 2.67. The molecule has 1 rings (SSSR count). The van der Waals surface area contributed by atoms with Gasteiger partial charge in [-0.15, -0.1) is 0 Å². The van der Waals surface area contributed by atoms with Gasteiger partial charge >= 0.3 is 11.9 Å². The first-order valence-electron chi connectivity index (χ1n) is 6.29. The van der Waals surface area contributed by atoms with Crippen LogP contribution in [0, 0.1) is 17.8 Å². The molecule has 0 aliphatic carbocycles. The second-order valence-corrected chi connectivity index (χ2v) is 5.03. The number of hydrogen-bond donors (Lipinski definition) is 0. The molecule has 1 heterocycles. The summed E-state index contributed by atoms with van der Waals surface area (Å²) >= 11 is 0. The molecule has 0 N–H and O–H groups in total. The van der Waals surface area contributed by atoms with E-state index in [1.54, 1.807) is 0 Å². The minimum Gasteiger partial charge on any atom is -0.463 e. The van der Waals surface area contributed by atoms with Crippen LogP contribution in [0.5, 0.6) is 0 Å². The van der Waals surface area contributed by atoms with E-state index in [1.807, 2.05) is 6.92 Å². The van der Waals surface area contributed by atoms with Crippen molar-refractivity contribution in [3.63, 3.8) is 0 Å². The smallest absolute Gasteiger partial charge is 0.304 e. The van der Waals surface area contributed by atoms with Crippen molar-refractivity contribution >= 4 is 11.9 Å². The van der Waals surface area contributed by atoms with Crippen molar-refractivity contribution in [1.29, 1.82) is 0 Å². The van der Waals surface area contributed by atoms with E-state index in [-0.39, 0.29) is 36.5 Å². The lowest BCUT2D eigenvalue weighted by atomic mass is 9.79. The van der Waals surface area contributed by atoms with Crippen molar-refractivity contribution in [3.05, 3.63) is 0 Å². The molecule has 18 heavy (non-hydrogen) atoms. The summed E-state index contributed by atoms with van der Waals surface area (Å²) < 4.78 is 15.9. The van der Waals surface area contributed by atoms with Crippen molar-refractivity contribution < 1.29 is 23.8 Å². The monoisotopic (exact) mass is 258 g/mol. The molecule has 0 radical (unpaired) electrons. The van der Waals surface area contributed by atoms with Crippen LogP contribution in [0.2, 0.25) is 0 Å². The zero-order valence-corrected chi connectivity index (χ0v) is 11.6. The van der Waals surface area contributed by atoms with Crippen LogP contribution in [-0.4, -0.2) is 30.9 Å². The van der Waals surface area contributed by atoms with Crippen LogP contribution in [0.1, 0.15) is 34.6 Å². The summed E-state index contributed by atoms with van der Waals surface area (Å²) in [5.41, 5.74) is 0. The van der Waals surface area contributed by atoms with Crippen LogP contribution < -0.4 is 0 Å². The van der Waals surface area contributed by atoms with Gasteiger partial charge in [0.25, 0.3) is 0 Å². The summed E-state index contributed by atoms with van der Waals surface area (Å²) in [4.78, 5) is 21.9. The quantitative estimate of drug-likeness (QED) is 0.722. The Morgan fingerprint density at radius 2 is 1.61 bits per heavy atom. The first-order chi connectivity index (χ1) is 8.32. The van der Waals surface area contributed by atoms with Gasteiger partial charge in [0, 0.05) is 19.8 Å². The highest BCUT2D eigenvalue weighted by atomic mass is 16.7. The lowest BCUT2D eigenvalue weighted by molar-refractivity contribution is -0.248. The lowest BCUT2D eigenvalue weighted by Crippen LogP contribution is -2.48. The molecule has 0 amide bonds. The highest BCUT2D eigenvalue weighted by molar-refractivity contribution is 5.66. The maximum atomic E-state index is 11.0. The average Bonchev–Trinajstić information content (AvgIpc) is 2.27. The molecule has 1 saturated heterocycles. The van der Waals surface area contributed by atoms with Crippen LogP contribution >= 0.6 is 0 Å². The summed E-state index contributed by atoms with van der Waals surface area (Å²) in [6, 6.07) is 0. The fourth-order valence-electron chi connectivity index (χ4n) is 2.17. The van der Waals surface area contributed by atoms with E-state index in [0.29, 0.717) is 5.92 Å². The Morgan fingerprint density at radius 1 is 1.00 bits per heavy atom. The van der Waals surface area contributed by atoms with Gasteiger partial charge in [0.1, 0.15) is 6.61 Å². The van der Waals surface area contributed by atoms with Crippen molar-refractivity contribution in [2.75, 3.05) is 6.61 Å². The molecule has 104 valence electrons. The van der Waals surface area contributed by atoms with E-state index < -0.39 is 6.29 Å². The molecule has 2 unspecified atom stereocenters. The van der Waals surface area contributed by atoms with Crippen molar-refractivity contribution in [3.8, 4) is 0 Å². The summed E-state index contributed by atoms with van der Waals surface area (Å²) in [6.07, 6.45) is -0.793. The normalized spacial score (nSPS) is 35.9. The first kappa shape index (κ1) is 15.0. The van der Waals surface area contributed by atoms with E-state index in [0.717, 1.165) is 0 Å². The van der Waals surface area contributed by atoms with Gasteiger partial charge < -0.3 is 14.2 Å². The number of hydrogen-bond acceptors (Lipinski definition) is 5. The molecular formula is C13H22O5. The molecule has 5 nitrogen and oxygen atoms in total. The fraction of sp³-hybridized carbons (Fsp3) is 0.846. The van der Waals surface area contributed by atoms with Crippen molar-refractivity contribution in [1.82, 2.24) is 0 Å². The molecule has 1 aliphatic rings. The molecule has 1 fully saturated rings. The zero-order chi connectivity index (χ0) is 13.9. The molecule has 0 aromatic carbocycles. The lowest BCUT2D eigenvalue weighted by Gasteiger charge is -2.42. The van der Waals surface area contributed by atoms with Crippen LogP contribution in [-0.2, 0) is 23.8 Å². The van der Waals surface area contributed by atoms with E-state index in [4.69, 9.17) is 14.2 Å². The van der Waals surface area contributed by atoms with Gasteiger partial charge in [0.05, 0.1) is 6.10 Å². The number of ether oxygens (including phenoxy) is 3. The van der Waals surface area contributed by atoms with Gasteiger partial charge in [-0.25, -0.2) is 0 Å². The molecule has 5 atom stereocenters. The molecule has 0 bridgehead atoms. The molecule has 0 spiro atoms. The maximum Gasteiger partial charge on any atom is 0.304 e. The Morgan fingerprint density at radius 3 is 2.11 bits per heavy atom. The Kier molecular flexibility index (Phi) is 5.14. The SMILES string of the molecule is CC(=O)OCC1O[C@@H](OC(C)=O)[C@@H](C)C(C)[C@H]1C. The van der Waals surface area contributed by atoms with Gasteiger partial charge in [0.2, 0.25) is 6.29 Å². The zero-order valence-electron chi connectivity index (χ0n) is 11.6. The van der Waals surface area contributed by atoms with Crippen molar-refractivity contribution in [2.24, 2.45) is 17.8 Å². The van der Waals surface area contributed by atoms with Gasteiger partial charge in [-0.2, -0.15) is 0 Å². The van der Waals surface area contributed by atoms with E-state index in [9.17, 15) is 9.59 Å². The molecule has 5 heteroatoms. The third kappa shape index (κ3) is 3.70. The second kappa shape index (κ2) is 6.18. The highest BCUT2D eigenvalue weighted by Gasteiger charge is 2.41. The standard InChI is InChI=1S/C13H22O5/c1-7-8(2)12(6-16-10(4)14)18-13(9(7)3)17-11(5)15/h7-9,12-13H,6H2,1-5H3/t7?,8-,9+,12?,13-/m1/s1. The third-order valence-electron chi connectivity index (χ3n) is 3.72. The van der Waals surface area contributed by atoms with E-state index >= 15 is 0 Å². The second-order valence-electron chi connectivity index (χ2n) is 5.03. The van der Waals surface area contributed by atoms with E-state index in [1.165, 1.54) is 13.8 Å². The van der Waals surface area contributed by atoms with Crippen LogP contribution in [0.3, 0.4) is 0 Å². The largest absolute Gasteiger partial charge is 0.463 e. The van der Waals surface area contributed by atoms with Gasteiger partial charge in [-0.1, -0.05) is 20.8 Å². The topological polar surface area (TPSA) is 61.8 Å². The van der Waals surface area contributed by atoms with Crippen LogP contribution in [0.4, 0.5) is 0 Å². The fourth-order valence-corrected chi connectivity index (χ4v) is 2.17. The average molecular weight is 258 g/mol. The minimum atomic E-state index is -0.561. The molecule has 0 saturated carbocycles. The molecule has 0 aromatic heterocycles. The summed E-state index contributed by atoms with van der Waals surface area (Å²) in [6.45, 7) is 9.07. The predicted molar refractivity (Wildman–Crippen MR) is 64.6 cm³/mol. The highest BCUT2D eigenvalue weighted by Crippen LogP contribution is 2.35. The van der Waals surface area contributed by atoms with Crippen LogP contribution in [0.25, 0.3) is 0 Å². The number of carbonyl (C=O) groups excluding carboxylic acids is 2.